The van der Waals surface area contributed by atoms with Gasteiger partial charge in [-0.05, 0) is 45.2 Å². The summed E-state index contributed by atoms with van der Waals surface area (Å²) in [6, 6.07) is 1.33. The van der Waals surface area contributed by atoms with Crippen molar-refractivity contribution in [1.29, 1.82) is 0 Å². The van der Waals surface area contributed by atoms with Gasteiger partial charge in [-0.3, -0.25) is 19.4 Å². The van der Waals surface area contributed by atoms with Gasteiger partial charge in [-0.25, -0.2) is 9.67 Å². The smallest absolute Gasteiger partial charge is 0.262 e. The van der Waals surface area contributed by atoms with Gasteiger partial charge in [-0.2, -0.15) is 5.10 Å². The molecule has 9 heteroatoms. The first-order valence-electron chi connectivity index (χ1n) is 9.56. The summed E-state index contributed by atoms with van der Waals surface area (Å²) in [5.74, 6) is -0.354. The summed E-state index contributed by atoms with van der Waals surface area (Å²) in [6.07, 6.45) is 6.27. The van der Waals surface area contributed by atoms with E-state index in [-0.39, 0.29) is 29.1 Å². The van der Waals surface area contributed by atoms with E-state index < -0.39 is 6.04 Å². The molecule has 0 aliphatic heterocycles. The van der Waals surface area contributed by atoms with E-state index in [9.17, 15) is 14.4 Å². The Labute approximate surface area is 166 Å². The van der Waals surface area contributed by atoms with E-state index >= 15 is 0 Å². The predicted molar refractivity (Wildman–Crippen MR) is 106 cm³/mol. The molecule has 2 N–H and O–H groups in total. The zero-order chi connectivity index (χ0) is 20.7. The highest BCUT2D eigenvalue weighted by atomic mass is 16.2. The minimum absolute atomic E-state index is 0.0992. The highest BCUT2D eigenvalue weighted by Gasteiger charge is 2.40. The molecule has 3 aromatic rings. The zero-order valence-corrected chi connectivity index (χ0v) is 16.5. The Balaban J connectivity index is 1.69. The van der Waals surface area contributed by atoms with Crippen molar-refractivity contribution < 1.29 is 9.59 Å². The molecule has 0 saturated heterocycles. The van der Waals surface area contributed by atoms with Crippen LogP contribution in [0.4, 0.5) is 0 Å². The van der Waals surface area contributed by atoms with Gasteiger partial charge in [-0.1, -0.05) is 0 Å². The summed E-state index contributed by atoms with van der Waals surface area (Å²) in [5, 5.41) is 7.44. The van der Waals surface area contributed by atoms with E-state index in [1.165, 1.54) is 13.1 Å². The number of fused-ring (bicyclic) bond motifs is 1. The van der Waals surface area contributed by atoms with Crippen LogP contribution >= 0.6 is 0 Å². The molecule has 0 aromatic carbocycles. The highest BCUT2D eigenvalue weighted by molar-refractivity contribution is 5.88. The first-order chi connectivity index (χ1) is 13.9. The standard InChI is InChI=1S/C20H22N6O3/c1-10-6-7-21-9-16(10)26-18-15(8-22-26)20(29)25-17(24-18)13-4-5-14(13)19(28)23-11(2)12(3)27/h6-9,11,13-14H,4-5H2,1-3H3,(H,23,28)(H,24,25,29)/t11?,13-,14-/m1/s1. The first-order valence-corrected chi connectivity index (χ1v) is 9.56. The minimum Gasteiger partial charge on any atom is -0.346 e. The lowest BCUT2D eigenvalue weighted by Gasteiger charge is -2.35. The number of carbonyl (C=O) groups is 2. The molecule has 1 aliphatic rings. The number of nitrogens with one attached hydrogen (secondary N) is 2. The third kappa shape index (κ3) is 3.32. The summed E-state index contributed by atoms with van der Waals surface area (Å²) < 4.78 is 1.60. The van der Waals surface area contributed by atoms with Gasteiger partial charge in [0.1, 0.15) is 11.2 Å². The number of H-pyrrole nitrogens is 1. The van der Waals surface area contributed by atoms with Gasteiger partial charge in [0, 0.05) is 18.0 Å². The molecule has 150 valence electrons. The lowest BCUT2D eigenvalue weighted by atomic mass is 9.72. The molecule has 1 saturated carbocycles. The number of Topliss-reactive ketones (excluding diaryl/α,β-unsaturated/α-hetero) is 1. The van der Waals surface area contributed by atoms with E-state index in [0.717, 1.165) is 17.7 Å². The van der Waals surface area contributed by atoms with E-state index in [2.05, 4.69) is 25.4 Å². The molecule has 29 heavy (non-hydrogen) atoms. The Bertz CT molecular complexity index is 1160. The van der Waals surface area contributed by atoms with E-state index in [0.29, 0.717) is 23.3 Å². The lowest BCUT2D eigenvalue weighted by molar-refractivity contribution is -0.132. The molecular formula is C20H22N6O3. The number of pyridine rings is 1. The fraction of sp³-hybridized carbons (Fsp3) is 0.400. The Morgan fingerprint density at radius 2 is 2.10 bits per heavy atom. The van der Waals surface area contributed by atoms with Crippen LogP contribution in [0.5, 0.6) is 0 Å². The maximum Gasteiger partial charge on any atom is 0.262 e. The van der Waals surface area contributed by atoms with E-state index in [1.54, 1.807) is 24.0 Å². The number of carbonyl (C=O) groups excluding carboxylic acids is 2. The molecule has 1 amide bonds. The second-order valence-corrected chi connectivity index (χ2v) is 7.54. The number of aromatic amines is 1. The number of hydrogen-bond donors (Lipinski definition) is 2. The lowest BCUT2D eigenvalue weighted by Crippen LogP contribution is -2.46. The van der Waals surface area contributed by atoms with Gasteiger partial charge >= 0.3 is 0 Å². The Morgan fingerprint density at radius 1 is 1.31 bits per heavy atom. The third-order valence-electron chi connectivity index (χ3n) is 5.63. The maximum absolute atomic E-state index is 12.6. The fourth-order valence-electron chi connectivity index (χ4n) is 3.53. The SMILES string of the molecule is CC(=O)C(C)NC(=O)[C@@H]1CC[C@H]1c1nc2c(cnn2-c2cnccc2C)c(=O)[nH]1. The molecule has 3 atom stereocenters. The van der Waals surface area contributed by atoms with Crippen LogP contribution in [0.25, 0.3) is 16.7 Å². The Hall–Kier alpha value is -3.36. The second-order valence-electron chi connectivity index (χ2n) is 7.54. The summed E-state index contributed by atoms with van der Waals surface area (Å²) in [4.78, 5) is 48.2. The Kier molecular flexibility index (Phi) is 4.73. The number of hydrogen-bond acceptors (Lipinski definition) is 6. The molecular weight excluding hydrogens is 372 g/mol. The van der Waals surface area contributed by atoms with Crippen molar-refractivity contribution in [1.82, 2.24) is 30.0 Å². The van der Waals surface area contributed by atoms with Crippen LogP contribution in [0.3, 0.4) is 0 Å². The van der Waals surface area contributed by atoms with Crippen molar-refractivity contribution in [3.8, 4) is 5.69 Å². The van der Waals surface area contributed by atoms with Crippen LogP contribution in [-0.2, 0) is 9.59 Å². The van der Waals surface area contributed by atoms with Gasteiger partial charge in [0.2, 0.25) is 5.91 Å². The molecule has 1 aliphatic carbocycles. The van der Waals surface area contributed by atoms with Crippen molar-refractivity contribution in [3.05, 3.63) is 46.4 Å². The van der Waals surface area contributed by atoms with E-state index in [1.807, 2.05) is 13.0 Å². The van der Waals surface area contributed by atoms with Crippen LogP contribution in [-0.4, -0.2) is 42.5 Å². The predicted octanol–water partition coefficient (Wildman–Crippen LogP) is 1.40. The monoisotopic (exact) mass is 394 g/mol. The van der Waals surface area contributed by atoms with Gasteiger partial charge in [0.25, 0.3) is 5.56 Å². The van der Waals surface area contributed by atoms with Crippen LogP contribution in [0, 0.1) is 12.8 Å². The number of aromatic nitrogens is 5. The fourth-order valence-corrected chi connectivity index (χ4v) is 3.53. The normalized spacial score (nSPS) is 19.6. The maximum atomic E-state index is 12.6. The van der Waals surface area contributed by atoms with Crippen LogP contribution in [0.2, 0.25) is 0 Å². The van der Waals surface area contributed by atoms with Gasteiger partial charge in [0.15, 0.2) is 11.4 Å². The van der Waals surface area contributed by atoms with Crippen molar-refractivity contribution in [2.24, 2.45) is 5.92 Å². The summed E-state index contributed by atoms with van der Waals surface area (Å²) in [7, 11) is 0. The largest absolute Gasteiger partial charge is 0.346 e. The number of ketones is 1. The van der Waals surface area contributed by atoms with Gasteiger partial charge < -0.3 is 10.3 Å². The van der Waals surface area contributed by atoms with Crippen LogP contribution in [0.1, 0.15) is 44.0 Å². The van der Waals surface area contributed by atoms with Crippen molar-refractivity contribution in [3.63, 3.8) is 0 Å². The Morgan fingerprint density at radius 3 is 2.76 bits per heavy atom. The number of aryl methyl sites for hydroxylation is 1. The summed E-state index contributed by atoms with van der Waals surface area (Å²) >= 11 is 0. The van der Waals surface area contributed by atoms with Gasteiger partial charge in [-0.15, -0.1) is 0 Å². The number of nitrogens with zero attached hydrogens (tertiary/aromatic N) is 4. The van der Waals surface area contributed by atoms with Crippen molar-refractivity contribution in [2.75, 3.05) is 0 Å². The number of amides is 1. The van der Waals surface area contributed by atoms with Crippen LogP contribution in [0.15, 0.2) is 29.5 Å². The highest BCUT2D eigenvalue weighted by Crippen LogP contribution is 2.41. The third-order valence-corrected chi connectivity index (χ3v) is 5.63. The minimum atomic E-state index is -0.534. The molecule has 0 bridgehead atoms. The first kappa shape index (κ1) is 19.0. The molecule has 9 nitrogen and oxygen atoms in total. The van der Waals surface area contributed by atoms with Crippen molar-refractivity contribution in [2.45, 2.75) is 45.6 Å². The van der Waals surface area contributed by atoms with Crippen LogP contribution < -0.4 is 10.9 Å². The topological polar surface area (TPSA) is 123 Å². The quantitative estimate of drug-likeness (QED) is 0.674. The second kappa shape index (κ2) is 7.23. The average Bonchev–Trinajstić information content (AvgIpc) is 3.05. The molecule has 0 radical (unpaired) electrons. The average molecular weight is 394 g/mol. The molecule has 1 unspecified atom stereocenters. The molecule has 0 spiro atoms. The summed E-state index contributed by atoms with van der Waals surface area (Å²) in [6.45, 7) is 5.04. The summed E-state index contributed by atoms with van der Waals surface area (Å²) in [5.41, 5.74) is 1.83. The zero-order valence-electron chi connectivity index (χ0n) is 16.5. The molecule has 3 aromatic heterocycles. The van der Waals surface area contributed by atoms with Gasteiger partial charge in [0.05, 0.1) is 24.1 Å². The number of rotatable bonds is 5. The molecule has 1 fully saturated rings. The van der Waals surface area contributed by atoms with E-state index in [4.69, 9.17) is 0 Å². The molecule has 4 rings (SSSR count). The van der Waals surface area contributed by atoms with Crippen molar-refractivity contribution >= 4 is 22.7 Å². The molecule has 3 heterocycles.